The predicted molar refractivity (Wildman–Crippen MR) is 137 cm³/mol. The molecule has 2 saturated heterocycles. The van der Waals surface area contributed by atoms with Gasteiger partial charge in [-0.2, -0.15) is 5.26 Å². The Balaban J connectivity index is 1.53. The number of aromatic nitrogens is 1. The molecule has 5 rings (SSSR count). The number of hydrogen-bond acceptors (Lipinski definition) is 7. The van der Waals surface area contributed by atoms with E-state index in [1.807, 2.05) is 0 Å². The van der Waals surface area contributed by atoms with Crippen molar-refractivity contribution < 1.29 is 22.4 Å². The number of likely N-dealkylation sites (tertiary alicyclic amines) is 2. The summed E-state index contributed by atoms with van der Waals surface area (Å²) in [6, 6.07) is 7.93. The van der Waals surface area contributed by atoms with Crippen LogP contribution in [0.4, 0.5) is 4.39 Å². The minimum absolute atomic E-state index is 0.0317. The van der Waals surface area contributed by atoms with Gasteiger partial charge in [0.2, 0.25) is 11.8 Å². The highest BCUT2D eigenvalue weighted by molar-refractivity contribution is 7.92. The van der Waals surface area contributed by atoms with Crippen LogP contribution in [0.15, 0.2) is 41.4 Å². The van der Waals surface area contributed by atoms with Gasteiger partial charge >= 0.3 is 0 Å². The maximum Gasteiger partial charge on any atom is 0.244 e. The molecule has 1 aliphatic carbocycles. The first-order valence-electron chi connectivity index (χ1n) is 12.0. The van der Waals surface area contributed by atoms with Crippen molar-refractivity contribution in [3.05, 3.63) is 58.1 Å². The van der Waals surface area contributed by atoms with E-state index in [0.29, 0.717) is 12.8 Å². The second kappa shape index (κ2) is 9.45. The highest BCUT2D eigenvalue weighted by Crippen LogP contribution is 2.41. The number of nitrogens with zero attached hydrogens (tertiary/aromatic N) is 4. The third kappa shape index (κ3) is 4.43. The molecule has 0 radical (unpaired) electrons. The van der Waals surface area contributed by atoms with E-state index in [-0.39, 0.29) is 46.7 Å². The first-order chi connectivity index (χ1) is 17.9. The number of rotatable bonds is 6. The molecule has 9 nitrogen and oxygen atoms in total. The van der Waals surface area contributed by atoms with Gasteiger partial charge in [0.1, 0.15) is 22.8 Å². The van der Waals surface area contributed by atoms with Gasteiger partial charge in [-0.3, -0.25) is 14.6 Å². The molecule has 0 unspecified atom stereocenters. The summed E-state index contributed by atoms with van der Waals surface area (Å²) in [4.78, 5) is 34.6. The Labute approximate surface area is 229 Å². The van der Waals surface area contributed by atoms with E-state index in [1.165, 1.54) is 23.2 Å². The van der Waals surface area contributed by atoms with Crippen molar-refractivity contribution in [2.75, 3.05) is 26.7 Å². The Bertz CT molecular complexity index is 1470. The van der Waals surface area contributed by atoms with Crippen molar-refractivity contribution in [2.45, 2.75) is 46.4 Å². The number of likely N-dealkylation sites (N-methyl/N-ethyl adjacent to an activating group) is 1. The van der Waals surface area contributed by atoms with Crippen LogP contribution in [-0.2, 0) is 24.8 Å². The maximum atomic E-state index is 15.0. The van der Waals surface area contributed by atoms with Crippen molar-refractivity contribution >= 4 is 44.9 Å². The third-order valence-corrected chi connectivity index (χ3v) is 10.3. The average molecular weight is 580 g/mol. The summed E-state index contributed by atoms with van der Waals surface area (Å²) in [6.07, 6.45) is 1.98. The molecule has 1 aromatic carbocycles. The molecule has 3 aliphatic rings. The van der Waals surface area contributed by atoms with Crippen LogP contribution in [0.3, 0.4) is 0 Å². The van der Waals surface area contributed by atoms with Gasteiger partial charge in [0.15, 0.2) is 9.84 Å². The van der Waals surface area contributed by atoms with Crippen LogP contribution in [0, 0.1) is 17.1 Å². The zero-order valence-corrected chi connectivity index (χ0v) is 22.7. The number of benzene rings is 1. The van der Waals surface area contributed by atoms with Crippen LogP contribution in [0.25, 0.3) is 0 Å². The lowest BCUT2D eigenvalue weighted by Gasteiger charge is -2.48. The molecule has 1 saturated carbocycles. The summed E-state index contributed by atoms with van der Waals surface area (Å²) in [5.41, 5.74) is -2.57. The van der Waals surface area contributed by atoms with Crippen LogP contribution in [-0.4, -0.2) is 78.5 Å². The van der Waals surface area contributed by atoms with Gasteiger partial charge in [-0.25, -0.2) is 12.8 Å². The molecule has 2 atom stereocenters. The molecular formula is C25H24Cl2FN5O4S. The minimum Gasteiger partial charge on any atom is -0.336 e. The summed E-state index contributed by atoms with van der Waals surface area (Å²) in [6.45, 7) is -0.0662. The van der Waals surface area contributed by atoms with E-state index in [0.717, 1.165) is 6.07 Å². The molecule has 0 spiro atoms. The molecule has 3 fully saturated rings. The number of halogens is 3. The van der Waals surface area contributed by atoms with Gasteiger partial charge in [-0.05, 0) is 44.5 Å². The summed E-state index contributed by atoms with van der Waals surface area (Å²) < 4.78 is 42.2. The van der Waals surface area contributed by atoms with Gasteiger partial charge in [0.05, 0.1) is 32.0 Å². The second-order valence-corrected chi connectivity index (χ2v) is 13.3. The Morgan fingerprint density at radius 2 is 1.92 bits per heavy atom. The Kier molecular flexibility index (Phi) is 6.67. The quantitative estimate of drug-likeness (QED) is 0.557. The first kappa shape index (κ1) is 26.8. The number of carbonyl (C=O) groups is 2. The Morgan fingerprint density at radius 3 is 2.50 bits per heavy atom. The van der Waals surface area contributed by atoms with Gasteiger partial charge in [-0.15, -0.1) is 0 Å². The summed E-state index contributed by atoms with van der Waals surface area (Å²) >= 11 is 12.1. The monoisotopic (exact) mass is 579 g/mol. The predicted octanol–water partition coefficient (Wildman–Crippen LogP) is 2.33. The van der Waals surface area contributed by atoms with E-state index in [1.54, 1.807) is 24.1 Å². The van der Waals surface area contributed by atoms with Crippen molar-refractivity contribution in [1.29, 1.82) is 5.26 Å². The smallest absolute Gasteiger partial charge is 0.244 e. The number of sulfone groups is 1. The zero-order valence-electron chi connectivity index (χ0n) is 20.3. The molecule has 2 amide bonds. The Morgan fingerprint density at radius 1 is 1.24 bits per heavy atom. The lowest BCUT2D eigenvalue weighted by molar-refractivity contribution is -0.148. The SMILES string of the molecule is CN1CC(C(=O)N2C[C@H](S(=O)(=O)c3ccccc3Cl)C[C@H]2C(=O)NC2(C#N)CC2)(c2ncc(Cl)cc2F)C1. The number of nitrogens with one attached hydrogen (secondary N) is 1. The molecule has 200 valence electrons. The summed E-state index contributed by atoms with van der Waals surface area (Å²) in [5, 5.41) is 11.1. The fourth-order valence-corrected chi connectivity index (χ4v) is 7.72. The lowest BCUT2D eigenvalue weighted by atomic mass is 9.75. The van der Waals surface area contributed by atoms with Crippen LogP contribution in [0.2, 0.25) is 10.0 Å². The van der Waals surface area contributed by atoms with Gasteiger partial charge in [-0.1, -0.05) is 35.3 Å². The normalized spacial score (nSPS) is 23.8. The molecule has 2 aliphatic heterocycles. The van der Waals surface area contributed by atoms with Crippen molar-refractivity contribution in [1.82, 2.24) is 20.1 Å². The number of amides is 2. The molecule has 13 heteroatoms. The summed E-state index contributed by atoms with van der Waals surface area (Å²) in [7, 11) is -2.30. The van der Waals surface area contributed by atoms with Gasteiger partial charge < -0.3 is 15.1 Å². The van der Waals surface area contributed by atoms with Gasteiger partial charge in [0, 0.05) is 25.8 Å². The van der Waals surface area contributed by atoms with Crippen molar-refractivity contribution in [3.8, 4) is 6.07 Å². The van der Waals surface area contributed by atoms with Crippen LogP contribution >= 0.6 is 23.2 Å². The van der Waals surface area contributed by atoms with Gasteiger partial charge in [0.25, 0.3) is 0 Å². The molecule has 1 N–H and O–H groups in total. The van der Waals surface area contributed by atoms with Crippen LogP contribution < -0.4 is 5.32 Å². The van der Waals surface area contributed by atoms with Crippen molar-refractivity contribution in [2.24, 2.45) is 0 Å². The molecule has 3 heterocycles. The highest BCUT2D eigenvalue weighted by Gasteiger charge is 2.58. The lowest BCUT2D eigenvalue weighted by Crippen LogP contribution is -2.67. The number of hydrogen-bond donors (Lipinski definition) is 1. The molecule has 1 aromatic heterocycles. The van der Waals surface area contributed by atoms with Crippen molar-refractivity contribution in [3.63, 3.8) is 0 Å². The van der Waals surface area contributed by atoms with E-state index in [4.69, 9.17) is 23.2 Å². The average Bonchev–Trinajstić information content (AvgIpc) is 3.46. The Hall–Kier alpha value is -2.78. The standard InChI is InChI=1S/C25H24Cl2FN5O4S/c1-32-13-25(14-32,21-18(28)8-15(26)10-30-21)23(35)33-11-16(38(36,37)20-5-3-2-4-17(20)27)9-19(33)22(34)31-24(12-29)6-7-24/h2-5,8,10,16,19H,6-7,9,11,13-14H2,1H3,(H,31,34)/t16-,19+/m1/s1. The molecule has 0 bridgehead atoms. The minimum atomic E-state index is -4.05. The molecular weight excluding hydrogens is 556 g/mol. The molecule has 2 aromatic rings. The maximum absolute atomic E-state index is 15.0. The fourth-order valence-electron chi connectivity index (χ4n) is 5.36. The fraction of sp³-hybridized carbons (Fsp3) is 0.440. The largest absolute Gasteiger partial charge is 0.336 e. The van der Waals surface area contributed by atoms with E-state index >= 15 is 4.39 Å². The zero-order chi connectivity index (χ0) is 27.5. The second-order valence-electron chi connectivity index (χ2n) is 10.2. The van der Waals surface area contributed by atoms with E-state index < -0.39 is 49.7 Å². The van der Waals surface area contributed by atoms with Crippen LogP contribution in [0.5, 0.6) is 0 Å². The summed E-state index contributed by atoms with van der Waals surface area (Å²) in [5.74, 6) is -1.99. The van der Waals surface area contributed by atoms with E-state index in [2.05, 4.69) is 16.4 Å². The number of pyridine rings is 1. The third-order valence-electron chi connectivity index (χ3n) is 7.48. The van der Waals surface area contributed by atoms with E-state index in [9.17, 15) is 23.3 Å². The number of nitriles is 1. The molecule has 38 heavy (non-hydrogen) atoms. The van der Waals surface area contributed by atoms with Crippen LogP contribution in [0.1, 0.15) is 25.0 Å². The topological polar surface area (TPSA) is 123 Å². The highest BCUT2D eigenvalue weighted by atomic mass is 35.5. The number of carbonyl (C=O) groups excluding carboxylic acids is 2. The first-order valence-corrected chi connectivity index (χ1v) is 14.3.